The number of nitrogens with one attached hydrogen (secondary N) is 1. The molecule has 7 heteroatoms. The molecule has 0 aliphatic carbocycles. The number of ether oxygens (including phenoxy) is 2. The minimum atomic E-state index is -0.356. The molecule has 0 fully saturated rings. The van der Waals surface area contributed by atoms with Gasteiger partial charge in [-0.3, -0.25) is 4.79 Å². The van der Waals surface area contributed by atoms with Crippen molar-refractivity contribution in [2.75, 3.05) is 7.11 Å². The topological polar surface area (TPSA) is 81.3 Å². The first kappa shape index (κ1) is 13.7. The predicted molar refractivity (Wildman–Crippen MR) is 75.8 cm³/mol. The Labute approximate surface area is 124 Å². The molecule has 0 saturated carbocycles. The van der Waals surface area contributed by atoms with Gasteiger partial charge in [0.05, 0.1) is 18.7 Å². The second kappa shape index (κ2) is 5.25. The molecule has 0 saturated heterocycles. The number of carbonyl (C=O) groups excluding carboxylic acids is 1. The summed E-state index contributed by atoms with van der Waals surface area (Å²) in [4.78, 5) is 30.9. The summed E-state index contributed by atoms with van der Waals surface area (Å²) in [5.74, 6) is -0.129. The molecule has 0 spiro atoms. The van der Waals surface area contributed by atoms with E-state index in [2.05, 4.69) is 9.97 Å². The molecule has 0 radical (unpaired) electrons. The zero-order valence-electron chi connectivity index (χ0n) is 11.4. The summed E-state index contributed by atoms with van der Waals surface area (Å²) in [6.07, 6.45) is -0.259. The fourth-order valence-electron chi connectivity index (χ4n) is 2.14. The zero-order valence-corrected chi connectivity index (χ0v) is 12.2. The lowest BCUT2D eigenvalue weighted by Crippen LogP contribution is -2.08. The maximum absolute atomic E-state index is 11.9. The van der Waals surface area contributed by atoms with Crippen LogP contribution < -0.4 is 10.3 Å². The molecule has 2 heterocycles. The van der Waals surface area contributed by atoms with Crippen molar-refractivity contribution in [2.24, 2.45) is 0 Å². The summed E-state index contributed by atoms with van der Waals surface area (Å²) < 4.78 is 10.2. The van der Waals surface area contributed by atoms with E-state index < -0.39 is 0 Å². The molecule has 1 aromatic carbocycles. The first-order valence-electron chi connectivity index (χ1n) is 6.25. The SMILES string of the molecule is COc1cc(=O)[nH]c(Sc2cccc3c2C(=O)OC3C)n1. The van der Waals surface area contributed by atoms with E-state index in [1.54, 1.807) is 6.07 Å². The number of cyclic esters (lactones) is 1. The van der Waals surface area contributed by atoms with Crippen LogP contribution in [0, 0.1) is 0 Å². The van der Waals surface area contributed by atoms with E-state index in [0.29, 0.717) is 15.6 Å². The molecule has 1 N–H and O–H groups in total. The molecular formula is C14H12N2O4S. The number of benzene rings is 1. The van der Waals surface area contributed by atoms with Crippen molar-refractivity contribution >= 4 is 17.7 Å². The van der Waals surface area contributed by atoms with Gasteiger partial charge >= 0.3 is 5.97 Å². The minimum absolute atomic E-state index is 0.227. The zero-order chi connectivity index (χ0) is 15.0. The van der Waals surface area contributed by atoms with E-state index in [-0.39, 0.29) is 23.5 Å². The summed E-state index contributed by atoms with van der Waals surface area (Å²) >= 11 is 1.19. The average Bonchev–Trinajstić information content (AvgIpc) is 2.74. The van der Waals surface area contributed by atoms with Gasteiger partial charge in [-0.15, -0.1) is 0 Å². The third-order valence-electron chi connectivity index (χ3n) is 3.10. The number of hydrogen-bond donors (Lipinski definition) is 1. The molecular weight excluding hydrogens is 292 g/mol. The van der Waals surface area contributed by atoms with Crippen molar-refractivity contribution in [2.45, 2.75) is 23.1 Å². The van der Waals surface area contributed by atoms with E-state index in [9.17, 15) is 9.59 Å². The first-order valence-corrected chi connectivity index (χ1v) is 7.07. The number of methoxy groups -OCH3 is 1. The van der Waals surface area contributed by atoms with E-state index in [1.165, 1.54) is 24.9 Å². The second-order valence-corrected chi connectivity index (χ2v) is 5.49. The highest BCUT2D eigenvalue weighted by atomic mass is 32.2. The van der Waals surface area contributed by atoms with Gasteiger partial charge in [-0.2, -0.15) is 4.98 Å². The van der Waals surface area contributed by atoms with Crippen LogP contribution in [0.4, 0.5) is 0 Å². The van der Waals surface area contributed by atoms with Crippen LogP contribution >= 0.6 is 11.8 Å². The normalized spacial score (nSPS) is 16.5. The Morgan fingerprint density at radius 3 is 2.95 bits per heavy atom. The van der Waals surface area contributed by atoms with Crippen molar-refractivity contribution in [3.05, 3.63) is 45.7 Å². The van der Waals surface area contributed by atoms with Crippen LogP contribution in [0.1, 0.15) is 28.9 Å². The van der Waals surface area contributed by atoms with Gasteiger partial charge in [-0.1, -0.05) is 23.9 Å². The van der Waals surface area contributed by atoms with Gasteiger partial charge in [0.15, 0.2) is 5.16 Å². The summed E-state index contributed by atoms with van der Waals surface area (Å²) in [5, 5.41) is 0.361. The molecule has 2 aromatic rings. The van der Waals surface area contributed by atoms with Gasteiger partial charge in [-0.25, -0.2) is 4.79 Å². The van der Waals surface area contributed by atoms with Crippen LogP contribution in [-0.2, 0) is 4.74 Å². The summed E-state index contributed by atoms with van der Waals surface area (Å²) in [5.41, 5.74) is 1.06. The van der Waals surface area contributed by atoms with Gasteiger partial charge in [0.25, 0.3) is 5.56 Å². The molecule has 1 aliphatic heterocycles. The summed E-state index contributed by atoms with van der Waals surface area (Å²) in [6, 6.07) is 6.76. The lowest BCUT2D eigenvalue weighted by molar-refractivity contribution is 0.0419. The van der Waals surface area contributed by atoms with Crippen LogP contribution in [0.15, 0.2) is 39.1 Å². The maximum atomic E-state index is 11.9. The average molecular weight is 304 g/mol. The number of aromatic nitrogens is 2. The first-order chi connectivity index (χ1) is 10.1. The molecule has 1 aromatic heterocycles. The smallest absolute Gasteiger partial charge is 0.340 e. The van der Waals surface area contributed by atoms with Gasteiger partial charge in [-0.05, 0) is 13.0 Å². The van der Waals surface area contributed by atoms with Crippen molar-refractivity contribution in [1.29, 1.82) is 0 Å². The number of H-pyrrole nitrogens is 1. The van der Waals surface area contributed by atoms with Crippen molar-refractivity contribution in [1.82, 2.24) is 9.97 Å². The molecule has 6 nitrogen and oxygen atoms in total. The Hall–Kier alpha value is -2.28. The van der Waals surface area contributed by atoms with Crippen LogP contribution in [0.3, 0.4) is 0 Å². The highest BCUT2D eigenvalue weighted by Gasteiger charge is 2.30. The molecule has 0 amide bonds. The minimum Gasteiger partial charge on any atom is -0.481 e. The lowest BCUT2D eigenvalue weighted by atomic mass is 10.1. The van der Waals surface area contributed by atoms with Crippen molar-refractivity contribution in [3.8, 4) is 5.88 Å². The highest BCUT2D eigenvalue weighted by Crippen LogP contribution is 2.38. The molecule has 1 unspecified atom stereocenters. The Kier molecular flexibility index (Phi) is 3.42. The third-order valence-corrected chi connectivity index (χ3v) is 4.04. The Bertz CT molecular complexity index is 772. The number of fused-ring (bicyclic) bond motifs is 1. The Morgan fingerprint density at radius 1 is 1.38 bits per heavy atom. The van der Waals surface area contributed by atoms with Gasteiger partial charge in [0.2, 0.25) is 5.88 Å². The molecule has 21 heavy (non-hydrogen) atoms. The van der Waals surface area contributed by atoms with E-state index in [0.717, 1.165) is 5.56 Å². The second-order valence-electron chi connectivity index (χ2n) is 4.46. The van der Waals surface area contributed by atoms with Gasteiger partial charge in [0.1, 0.15) is 6.10 Å². The third kappa shape index (κ3) is 2.52. The number of esters is 1. The largest absolute Gasteiger partial charge is 0.481 e. The van der Waals surface area contributed by atoms with Crippen LogP contribution in [0.2, 0.25) is 0 Å². The number of aromatic amines is 1. The van der Waals surface area contributed by atoms with E-state index in [1.807, 2.05) is 19.1 Å². The van der Waals surface area contributed by atoms with Crippen LogP contribution in [-0.4, -0.2) is 23.0 Å². The van der Waals surface area contributed by atoms with E-state index in [4.69, 9.17) is 9.47 Å². The monoisotopic (exact) mass is 304 g/mol. The quantitative estimate of drug-likeness (QED) is 0.691. The Balaban J connectivity index is 2.02. The molecule has 1 aliphatic rings. The number of carbonyl (C=O) groups is 1. The molecule has 0 bridgehead atoms. The molecule has 1 atom stereocenters. The van der Waals surface area contributed by atoms with E-state index >= 15 is 0 Å². The Morgan fingerprint density at radius 2 is 2.19 bits per heavy atom. The van der Waals surface area contributed by atoms with Crippen LogP contribution in [0.5, 0.6) is 5.88 Å². The lowest BCUT2D eigenvalue weighted by Gasteiger charge is -2.06. The number of rotatable bonds is 3. The summed E-state index contributed by atoms with van der Waals surface area (Å²) in [6.45, 7) is 1.82. The highest BCUT2D eigenvalue weighted by molar-refractivity contribution is 7.99. The molecule has 108 valence electrons. The number of hydrogen-bond acceptors (Lipinski definition) is 6. The van der Waals surface area contributed by atoms with Gasteiger partial charge in [0, 0.05) is 10.5 Å². The standard InChI is InChI=1S/C14H12N2O4S/c1-7-8-4-3-5-9(12(8)13(18)20-7)21-14-15-10(17)6-11(16-14)19-2/h3-7H,1-2H3,(H,15,16,17). The molecule has 3 rings (SSSR count). The summed E-state index contributed by atoms with van der Waals surface area (Å²) in [7, 11) is 1.44. The van der Waals surface area contributed by atoms with Crippen molar-refractivity contribution in [3.63, 3.8) is 0 Å². The fraction of sp³-hybridized carbons (Fsp3) is 0.214. The van der Waals surface area contributed by atoms with Crippen LogP contribution in [0.25, 0.3) is 0 Å². The fourth-order valence-corrected chi connectivity index (χ4v) is 3.09. The maximum Gasteiger partial charge on any atom is 0.340 e. The predicted octanol–water partition coefficient (Wildman–Crippen LogP) is 2.16. The number of nitrogens with zero attached hydrogens (tertiary/aromatic N) is 1. The van der Waals surface area contributed by atoms with Crippen molar-refractivity contribution < 1.29 is 14.3 Å². The van der Waals surface area contributed by atoms with Gasteiger partial charge < -0.3 is 14.5 Å².